The maximum atomic E-state index is 8.91. The summed E-state index contributed by atoms with van der Waals surface area (Å²) in [5.41, 5.74) is 2.02. The van der Waals surface area contributed by atoms with E-state index in [0.29, 0.717) is 4.58 Å². The number of benzene rings is 1. The van der Waals surface area contributed by atoms with Crippen molar-refractivity contribution in [3.05, 3.63) is 35.4 Å². The molecule has 1 aromatic rings. The fourth-order valence-electron chi connectivity index (χ4n) is 1.34. The molecule has 0 aliphatic carbocycles. The van der Waals surface area contributed by atoms with Crippen molar-refractivity contribution in [2.45, 2.75) is 4.58 Å². The van der Waals surface area contributed by atoms with Crippen LogP contribution in [0.4, 0.5) is 0 Å². The number of nitriles is 1. The second-order valence-corrected chi connectivity index (χ2v) is 5.50. The molecule has 0 radical (unpaired) electrons. The van der Waals surface area contributed by atoms with Gasteiger partial charge in [-0.1, -0.05) is 18.2 Å². The zero-order valence-corrected chi connectivity index (χ0v) is 8.70. The third-order valence-electron chi connectivity index (χ3n) is 1.96. The van der Waals surface area contributed by atoms with E-state index in [1.165, 1.54) is 17.1 Å². The predicted octanol–water partition coefficient (Wildman–Crippen LogP) is 3.04. The Bertz CT molecular complexity index is 337. The van der Waals surface area contributed by atoms with Gasteiger partial charge in [-0.3, -0.25) is 0 Å². The number of rotatable bonds is 1. The summed E-state index contributed by atoms with van der Waals surface area (Å²) in [4.78, 5) is 0. The molecule has 1 saturated heterocycles. The van der Waals surface area contributed by atoms with Crippen molar-refractivity contribution in [2.24, 2.45) is 0 Å². The van der Waals surface area contributed by atoms with Crippen LogP contribution >= 0.6 is 23.5 Å². The molecule has 66 valence electrons. The lowest BCUT2D eigenvalue weighted by Crippen LogP contribution is -1.89. The highest BCUT2D eigenvalue weighted by Crippen LogP contribution is 2.46. The van der Waals surface area contributed by atoms with Crippen LogP contribution in [0.3, 0.4) is 0 Å². The van der Waals surface area contributed by atoms with Gasteiger partial charge in [-0.05, 0) is 11.6 Å². The van der Waals surface area contributed by atoms with Crippen LogP contribution in [0.25, 0.3) is 0 Å². The Hall–Kier alpha value is -0.590. The minimum Gasteiger partial charge on any atom is -0.192 e. The van der Waals surface area contributed by atoms with Crippen molar-refractivity contribution < 1.29 is 0 Å². The van der Waals surface area contributed by atoms with Gasteiger partial charge in [0.05, 0.1) is 16.2 Å². The Morgan fingerprint density at radius 1 is 1.23 bits per heavy atom. The van der Waals surface area contributed by atoms with Crippen molar-refractivity contribution in [1.29, 1.82) is 5.26 Å². The number of nitrogens with zero attached hydrogens (tertiary/aromatic N) is 1. The summed E-state index contributed by atoms with van der Waals surface area (Å²) in [7, 11) is 0. The summed E-state index contributed by atoms with van der Waals surface area (Å²) in [5, 5.41) is 8.91. The van der Waals surface area contributed by atoms with Crippen LogP contribution in [0.5, 0.6) is 0 Å². The monoisotopic (exact) mass is 207 g/mol. The van der Waals surface area contributed by atoms with E-state index in [2.05, 4.69) is 12.1 Å². The Morgan fingerprint density at radius 3 is 2.62 bits per heavy atom. The van der Waals surface area contributed by atoms with Crippen molar-refractivity contribution in [3.8, 4) is 6.07 Å². The molecule has 1 heterocycles. The first-order valence-corrected chi connectivity index (χ1v) is 6.24. The number of thioether (sulfide) groups is 2. The quantitative estimate of drug-likeness (QED) is 0.707. The molecule has 1 aliphatic heterocycles. The Labute approximate surface area is 86.5 Å². The molecular formula is C10H9NS2. The first kappa shape index (κ1) is 8.98. The van der Waals surface area contributed by atoms with Crippen LogP contribution < -0.4 is 0 Å². The van der Waals surface area contributed by atoms with Gasteiger partial charge in [0.25, 0.3) is 0 Å². The minimum atomic E-state index is 0.482. The van der Waals surface area contributed by atoms with Gasteiger partial charge in [0.15, 0.2) is 0 Å². The van der Waals surface area contributed by atoms with Gasteiger partial charge in [-0.25, -0.2) is 0 Å². The van der Waals surface area contributed by atoms with Crippen molar-refractivity contribution >= 4 is 23.5 Å². The molecule has 0 N–H and O–H groups in total. The molecule has 0 saturated carbocycles. The van der Waals surface area contributed by atoms with Crippen LogP contribution in [0.2, 0.25) is 0 Å². The van der Waals surface area contributed by atoms with Crippen molar-refractivity contribution in [1.82, 2.24) is 0 Å². The summed E-state index contributed by atoms with van der Waals surface area (Å²) in [6, 6.07) is 10.1. The van der Waals surface area contributed by atoms with Crippen LogP contribution in [-0.2, 0) is 0 Å². The number of hydrogen-bond acceptors (Lipinski definition) is 3. The van der Waals surface area contributed by atoms with E-state index in [1.807, 2.05) is 41.7 Å². The highest BCUT2D eigenvalue weighted by molar-refractivity contribution is 8.19. The molecule has 2 rings (SSSR count). The Balaban J connectivity index is 2.33. The van der Waals surface area contributed by atoms with Crippen molar-refractivity contribution in [2.75, 3.05) is 11.5 Å². The normalized spacial score (nSPS) is 17.2. The molecule has 0 atom stereocenters. The third-order valence-corrected chi connectivity index (χ3v) is 5.02. The molecule has 13 heavy (non-hydrogen) atoms. The van der Waals surface area contributed by atoms with Gasteiger partial charge < -0.3 is 0 Å². The first-order chi connectivity index (χ1) is 6.42. The van der Waals surface area contributed by atoms with Gasteiger partial charge in [-0.15, -0.1) is 23.5 Å². The number of hydrogen-bond donors (Lipinski definition) is 0. The van der Waals surface area contributed by atoms with Gasteiger partial charge >= 0.3 is 0 Å². The summed E-state index contributed by atoms with van der Waals surface area (Å²) in [5.74, 6) is 2.41. The van der Waals surface area contributed by atoms with E-state index < -0.39 is 0 Å². The van der Waals surface area contributed by atoms with Crippen LogP contribution in [0.1, 0.15) is 15.7 Å². The maximum Gasteiger partial charge on any atom is 0.0995 e. The van der Waals surface area contributed by atoms with Crippen LogP contribution in [0.15, 0.2) is 24.3 Å². The molecule has 0 aromatic heterocycles. The second kappa shape index (κ2) is 4.08. The topological polar surface area (TPSA) is 23.8 Å². The van der Waals surface area contributed by atoms with E-state index in [1.54, 1.807) is 0 Å². The van der Waals surface area contributed by atoms with Gasteiger partial charge in [0.2, 0.25) is 0 Å². The summed E-state index contributed by atoms with van der Waals surface area (Å²) in [6.45, 7) is 0. The lowest BCUT2D eigenvalue weighted by atomic mass is 10.1. The van der Waals surface area contributed by atoms with Crippen molar-refractivity contribution in [3.63, 3.8) is 0 Å². The maximum absolute atomic E-state index is 8.91. The smallest absolute Gasteiger partial charge is 0.0995 e. The Kier molecular flexibility index (Phi) is 2.82. The Morgan fingerprint density at radius 2 is 1.92 bits per heavy atom. The highest BCUT2D eigenvalue weighted by atomic mass is 32.2. The van der Waals surface area contributed by atoms with E-state index >= 15 is 0 Å². The average molecular weight is 207 g/mol. The summed E-state index contributed by atoms with van der Waals surface area (Å²) < 4.78 is 0.482. The lowest BCUT2D eigenvalue weighted by Gasteiger charge is -2.09. The van der Waals surface area contributed by atoms with Crippen LogP contribution in [0, 0.1) is 11.3 Å². The average Bonchev–Trinajstić information content (AvgIpc) is 2.70. The molecule has 0 unspecified atom stereocenters. The molecule has 1 nitrogen and oxygen atoms in total. The summed E-state index contributed by atoms with van der Waals surface area (Å²) >= 11 is 3.87. The molecule has 1 aliphatic rings. The van der Waals surface area contributed by atoms with Gasteiger partial charge in [-0.2, -0.15) is 5.26 Å². The third kappa shape index (κ3) is 1.84. The zero-order chi connectivity index (χ0) is 9.10. The van der Waals surface area contributed by atoms with Crippen LogP contribution in [-0.4, -0.2) is 11.5 Å². The molecule has 0 amide bonds. The highest BCUT2D eigenvalue weighted by Gasteiger charge is 2.20. The molecule has 0 spiro atoms. The fraction of sp³-hybridized carbons (Fsp3) is 0.300. The minimum absolute atomic E-state index is 0.482. The molecular weight excluding hydrogens is 198 g/mol. The van der Waals surface area contributed by atoms with E-state index in [4.69, 9.17) is 5.26 Å². The molecule has 1 aromatic carbocycles. The summed E-state index contributed by atoms with van der Waals surface area (Å²) in [6.07, 6.45) is 0. The van der Waals surface area contributed by atoms with Gasteiger partial charge in [0, 0.05) is 11.5 Å². The second-order valence-electron chi connectivity index (χ2n) is 2.77. The molecule has 0 bridgehead atoms. The fourth-order valence-corrected chi connectivity index (χ4v) is 4.27. The standard InChI is InChI=1S/C10H9NS2/c11-7-8-3-1-2-4-9(8)10-12-5-6-13-10/h1-4,10H,5-6H2. The predicted molar refractivity (Wildman–Crippen MR) is 58.8 cm³/mol. The largest absolute Gasteiger partial charge is 0.192 e. The SMILES string of the molecule is N#Cc1ccccc1C1SCCS1. The van der Waals surface area contributed by atoms with E-state index in [0.717, 1.165) is 5.56 Å². The van der Waals surface area contributed by atoms with E-state index in [-0.39, 0.29) is 0 Å². The first-order valence-electron chi connectivity index (χ1n) is 4.14. The molecule has 3 heteroatoms. The zero-order valence-electron chi connectivity index (χ0n) is 7.06. The van der Waals surface area contributed by atoms with Gasteiger partial charge in [0.1, 0.15) is 0 Å². The van der Waals surface area contributed by atoms with E-state index in [9.17, 15) is 0 Å². The lowest BCUT2D eigenvalue weighted by molar-refractivity contribution is 1.34. The molecule has 1 fully saturated rings.